The first-order valence-electron chi connectivity index (χ1n) is 3.44. The lowest BCUT2D eigenvalue weighted by atomic mass is 10.4. The Morgan fingerprint density at radius 2 is 2.45 bits per heavy atom. The molecule has 0 N–H and O–H groups in total. The number of esters is 1. The van der Waals surface area contributed by atoms with E-state index in [0.717, 1.165) is 6.42 Å². The van der Waals surface area contributed by atoms with Gasteiger partial charge in [0.25, 0.3) is 0 Å². The van der Waals surface area contributed by atoms with Crippen molar-refractivity contribution in [2.24, 2.45) is 0 Å². The van der Waals surface area contributed by atoms with E-state index in [1.165, 1.54) is 0 Å². The van der Waals surface area contributed by atoms with E-state index in [2.05, 4.69) is 6.58 Å². The molecule has 2 nitrogen and oxygen atoms in total. The summed E-state index contributed by atoms with van der Waals surface area (Å²) in [6.45, 7) is 5.10. The van der Waals surface area contributed by atoms with Gasteiger partial charge in [-0.3, -0.25) is 0 Å². The highest BCUT2D eigenvalue weighted by molar-refractivity contribution is 5.87. The van der Waals surface area contributed by atoms with Gasteiger partial charge in [-0.05, 0) is 25.5 Å². The molecule has 0 amide bonds. The highest BCUT2D eigenvalue weighted by atomic mass is 16.5. The molecule has 1 rings (SSSR count). The molecule has 0 bridgehead atoms. The van der Waals surface area contributed by atoms with Crippen molar-refractivity contribution in [3.63, 3.8) is 0 Å². The number of hydrogen-bond donors (Lipinski definition) is 0. The fraction of sp³-hybridized carbons (Fsp3) is 0.222. The Morgan fingerprint density at radius 3 is 2.91 bits per heavy atom. The SMILES string of the molecule is C=C(C)C(=O)OC1=CCC=C1. The Bertz CT molecular complexity index is 246. The average Bonchev–Trinajstić information content (AvgIpc) is 2.39. The second-order valence-corrected chi connectivity index (χ2v) is 2.41. The third kappa shape index (κ3) is 2.08. The molecule has 58 valence electrons. The van der Waals surface area contributed by atoms with Crippen LogP contribution in [0.1, 0.15) is 13.3 Å². The van der Waals surface area contributed by atoms with E-state index in [1.54, 1.807) is 13.0 Å². The Morgan fingerprint density at radius 1 is 1.73 bits per heavy atom. The molecule has 0 fully saturated rings. The van der Waals surface area contributed by atoms with Crippen LogP contribution in [0.15, 0.2) is 36.1 Å². The molecule has 0 unspecified atom stereocenters. The minimum atomic E-state index is -0.359. The second-order valence-electron chi connectivity index (χ2n) is 2.41. The van der Waals surface area contributed by atoms with Gasteiger partial charge in [-0.1, -0.05) is 12.7 Å². The van der Waals surface area contributed by atoms with Crippen LogP contribution in [0.4, 0.5) is 0 Å². The zero-order valence-electron chi connectivity index (χ0n) is 6.46. The number of carbonyl (C=O) groups excluding carboxylic acids is 1. The lowest BCUT2D eigenvalue weighted by Crippen LogP contribution is -2.02. The maximum Gasteiger partial charge on any atom is 0.338 e. The van der Waals surface area contributed by atoms with E-state index < -0.39 is 0 Å². The zero-order valence-corrected chi connectivity index (χ0v) is 6.46. The van der Waals surface area contributed by atoms with Crippen molar-refractivity contribution in [2.75, 3.05) is 0 Å². The average molecular weight is 150 g/mol. The smallest absolute Gasteiger partial charge is 0.338 e. The highest BCUT2D eigenvalue weighted by Crippen LogP contribution is 2.11. The summed E-state index contributed by atoms with van der Waals surface area (Å²) in [5.41, 5.74) is 0.422. The molecule has 2 heteroatoms. The van der Waals surface area contributed by atoms with Gasteiger partial charge in [0.2, 0.25) is 0 Å². The molecule has 0 aromatic carbocycles. The van der Waals surface area contributed by atoms with Crippen molar-refractivity contribution in [3.8, 4) is 0 Å². The van der Waals surface area contributed by atoms with Crippen molar-refractivity contribution in [1.29, 1.82) is 0 Å². The second kappa shape index (κ2) is 3.19. The van der Waals surface area contributed by atoms with Gasteiger partial charge in [0.05, 0.1) is 0 Å². The fourth-order valence-electron chi connectivity index (χ4n) is 0.706. The molecule has 1 aliphatic carbocycles. The van der Waals surface area contributed by atoms with Gasteiger partial charge < -0.3 is 4.74 Å². The number of hydrogen-bond acceptors (Lipinski definition) is 2. The molecule has 0 saturated carbocycles. The van der Waals surface area contributed by atoms with Crippen molar-refractivity contribution >= 4 is 5.97 Å². The number of carbonyl (C=O) groups is 1. The summed E-state index contributed by atoms with van der Waals surface area (Å²) in [5, 5.41) is 0. The normalized spacial score (nSPS) is 14.5. The molecule has 0 atom stereocenters. The molecule has 0 aromatic heterocycles. The third-order valence-electron chi connectivity index (χ3n) is 1.30. The predicted octanol–water partition coefficient (Wildman–Crippen LogP) is 1.95. The lowest BCUT2D eigenvalue weighted by Gasteiger charge is -2.00. The van der Waals surface area contributed by atoms with Crippen molar-refractivity contribution in [1.82, 2.24) is 0 Å². The first kappa shape index (κ1) is 7.79. The number of allylic oxidation sites excluding steroid dienone is 3. The summed E-state index contributed by atoms with van der Waals surface area (Å²) in [6, 6.07) is 0. The summed E-state index contributed by atoms with van der Waals surface area (Å²) < 4.78 is 4.91. The van der Waals surface area contributed by atoms with Crippen LogP contribution in [0.5, 0.6) is 0 Å². The van der Waals surface area contributed by atoms with Crippen molar-refractivity contribution in [2.45, 2.75) is 13.3 Å². The van der Waals surface area contributed by atoms with Gasteiger partial charge >= 0.3 is 5.97 Å². The van der Waals surface area contributed by atoms with E-state index in [4.69, 9.17) is 4.74 Å². The summed E-state index contributed by atoms with van der Waals surface area (Å²) >= 11 is 0. The quantitative estimate of drug-likeness (QED) is 0.444. The van der Waals surface area contributed by atoms with E-state index in [0.29, 0.717) is 11.3 Å². The van der Waals surface area contributed by atoms with Crippen LogP contribution in [-0.2, 0) is 9.53 Å². The van der Waals surface area contributed by atoms with Gasteiger partial charge in [0.15, 0.2) is 0 Å². The lowest BCUT2D eigenvalue weighted by molar-refractivity contribution is -0.134. The largest absolute Gasteiger partial charge is 0.424 e. The van der Waals surface area contributed by atoms with Gasteiger partial charge in [0.1, 0.15) is 5.76 Å². The zero-order chi connectivity index (χ0) is 8.27. The number of ether oxygens (including phenoxy) is 1. The minimum Gasteiger partial charge on any atom is -0.424 e. The first-order valence-corrected chi connectivity index (χ1v) is 3.44. The molecule has 11 heavy (non-hydrogen) atoms. The van der Waals surface area contributed by atoms with Crippen molar-refractivity contribution in [3.05, 3.63) is 36.1 Å². The van der Waals surface area contributed by atoms with Gasteiger partial charge in [-0.2, -0.15) is 0 Å². The maximum atomic E-state index is 10.9. The predicted molar refractivity (Wildman–Crippen MR) is 42.7 cm³/mol. The van der Waals surface area contributed by atoms with Crippen LogP contribution in [0.2, 0.25) is 0 Å². The van der Waals surface area contributed by atoms with Crippen LogP contribution in [-0.4, -0.2) is 5.97 Å². The molecular weight excluding hydrogens is 140 g/mol. The van der Waals surface area contributed by atoms with Gasteiger partial charge in [0, 0.05) is 5.57 Å². The summed E-state index contributed by atoms with van der Waals surface area (Å²) in [7, 11) is 0. The van der Waals surface area contributed by atoms with Gasteiger partial charge in [-0.15, -0.1) is 0 Å². The number of rotatable bonds is 2. The van der Waals surface area contributed by atoms with Crippen LogP contribution in [0.25, 0.3) is 0 Å². The fourth-order valence-corrected chi connectivity index (χ4v) is 0.706. The monoisotopic (exact) mass is 150 g/mol. The highest BCUT2D eigenvalue weighted by Gasteiger charge is 2.06. The molecule has 0 aliphatic heterocycles. The Hall–Kier alpha value is -1.31. The maximum absolute atomic E-state index is 10.9. The Labute approximate surface area is 65.9 Å². The Balaban J connectivity index is 2.49. The summed E-state index contributed by atoms with van der Waals surface area (Å²) in [5.74, 6) is 0.265. The molecule has 1 aliphatic rings. The van der Waals surface area contributed by atoms with Crippen molar-refractivity contribution < 1.29 is 9.53 Å². The third-order valence-corrected chi connectivity index (χ3v) is 1.30. The molecule has 0 radical (unpaired) electrons. The van der Waals surface area contributed by atoms with E-state index >= 15 is 0 Å². The standard InChI is InChI=1S/C9H10O2/c1-7(2)9(10)11-8-5-3-4-6-8/h3,5-6H,1,4H2,2H3. The van der Waals surface area contributed by atoms with E-state index in [9.17, 15) is 4.79 Å². The van der Waals surface area contributed by atoms with Crippen LogP contribution in [0.3, 0.4) is 0 Å². The molecule has 0 aromatic rings. The summed E-state index contributed by atoms with van der Waals surface area (Å²) in [4.78, 5) is 10.9. The topological polar surface area (TPSA) is 26.3 Å². The Kier molecular flexibility index (Phi) is 2.26. The first-order chi connectivity index (χ1) is 5.20. The summed E-state index contributed by atoms with van der Waals surface area (Å²) in [6.07, 6.45) is 6.40. The minimum absolute atomic E-state index is 0.359. The van der Waals surface area contributed by atoms with E-state index in [1.807, 2.05) is 12.2 Å². The van der Waals surface area contributed by atoms with Crippen LogP contribution >= 0.6 is 0 Å². The van der Waals surface area contributed by atoms with Crippen LogP contribution in [0, 0.1) is 0 Å². The molecule has 0 saturated heterocycles. The van der Waals surface area contributed by atoms with E-state index in [-0.39, 0.29) is 5.97 Å². The molecule has 0 heterocycles. The molecular formula is C9H10O2. The molecule has 0 spiro atoms. The van der Waals surface area contributed by atoms with Gasteiger partial charge in [-0.25, -0.2) is 4.79 Å². The van der Waals surface area contributed by atoms with Crippen LogP contribution < -0.4 is 0 Å².